The van der Waals surface area contributed by atoms with Crippen LogP contribution in [0.5, 0.6) is 0 Å². The van der Waals surface area contributed by atoms with E-state index in [9.17, 15) is 10.1 Å². The molecule has 0 amide bonds. The maximum atomic E-state index is 11.4. The summed E-state index contributed by atoms with van der Waals surface area (Å²) in [6.07, 6.45) is 0. The van der Waals surface area contributed by atoms with Gasteiger partial charge in [-0.15, -0.1) is 11.3 Å². The summed E-state index contributed by atoms with van der Waals surface area (Å²) in [5.74, 6) is 0. The fourth-order valence-corrected chi connectivity index (χ4v) is 3.15. The third-order valence-electron chi connectivity index (χ3n) is 3.42. The lowest BCUT2D eigenvalue weighted by Gasteiger charge is -2.30. The SMILES string of the molecule is Cc1nc2cc(N(C)CC(C)(C)CN)c([N+](=O)[O-])cc2s1. The zero-order valence-corrected chi connectivity index (χ0v) is 13.5. The summed E-state index contributed by atoms with van der Waals surface area (Å²) in [5, 5.41) is 12.3. The fraction of sp³-hybridized carbons (Fsp3) is 0.500. The Bertz CT molecular complexity index is 681. The van der Waals surface area contributed by atoms with Crippen molar-refractivity contribution in [2.75, 3.05) is 25.0 Å². The summed E-state index contributed by atoms with van der Waals surface area (Å²) in [4.78, 5) is 17.3. The molecule has 2 N–H and O–H groups in total. The molecule has 0 aliphatic heterocycles. The van der Waals surface area contributed by atoms with E-state index in [-0.39, 0.29) is 16.0 Å². The van der Waals surface area contributed by atoms with E-state index < -0.39 is 0 Å². The smallest absolute Gasteiger partial charge is 0.294 e. The van der Waals surface area contributed by atoms with Gasteiger partial charge in [-0.3, -0.25) is 10.1 Å². The number of fused-ring (bicyclic) bond motifs is 1. The van der Waals surface area contributed by atoms with Gasteiger partial charge in [-0.25, -0.2) is 4.98 Å². The molecule has 7 heteroatoms. The molecule has 6 nitrogen and oxygen atoms in total. The minimum Gasteiger partial charge on any atom is -0.368 e. The van der Waals surface area contributed by atoms with Crippen LogP contribution >= 0.6 is 11.3 Å². The van der Waals surface area contributed by atoms with Crippen LogP contribution in [0.4, 0.5) is 11.4 Å². The summed E-state index contributed by atoms with van der Waals surface area (Å²) < 4.78 is 0.842. The third kappa shape index (κ3) is 3.30. The second-order valence-corrected chi connectivity index (χ2v) is 7.26. The van der Waals surface area contributed by atoms with Crippen molar-refractivity contribution in [3.63, 3.8) is 0 Å². The molecule has 0 spiro atoms. The number of nitrogens with zero attached hydrogens (tertiary/aromatic N) is 3. The van der Waals surface area contributed by atoms with E-state index in [0.717, 1.165) is 15.2 Å². The van der Waals surface area contributed by atoms with Crippen molar-refractivity contribution >= 4 is 32.9 Å². The minimum atomic E-state index is -0.338. The number of nitro groups is 1. The van der Waals surface area contributed by atoms with Crippen molar-refractivity contribution in [2.24, 2.45) is 11.1 Å². The largest absolute Gasteiger partial charge is 0.368 e. The van der Waals surface area contributed by atoms with Crippen LogP contribution in [0.1, 0.15) is 18.9 Å². The van der Waals surface area contributed by atoms with Gasteiger partial charge in [0.25, 0.3) is 5.69 Å². The predicted octanol–water partition coefficient (Wildman–Crippen LogP) is 2.93. The second-order valence-electron chi connectivity index (χ2n) is 6.02. The zero-order chi connectivity index (χ0) is 15.8. The number of rotatable bonds is 5. The molecule has 21 heavy (non-hydrogen) atoms. The average Bonchev–Trinajstić information content (AvgIpc) is 2.75. The Hall–Kier alpha value is -1.73. The summed E-state index contributed by atoms with van der Waals surface area (Å²) in [6, 6.07) is 3.41. The average molecular weight is 308 g/mol. The highest BCUT2D eigenvalue weighted by Gasteiger charge is 2.24. The van der Waals surface area contributed by atoms with Gasteiger partial charge in [0.15, 0.2) is 0 Å². The highest BCUT2D eigenvalue weighted by molar-refractivity contribution is 7.18. The van der Waals surface area contributed by atoms with E-state index in [4.69, 9.17) is 5.73 Å². The molecule has 0 unspecified atom stereocenters. The number of nitro benzene ring substituents is 1. The van der Waals surface area contributed by atoms with Crippen LogP contribution in [0.3, 0.4) is 0 Å². The van der Waals surface area contributed by atoms with Crippen molar-refractivity contribution in [2.45, 2.75) is 20.8 Å². The number of aryl methyl sites for hydroxylation is 1. The fourth-order valence-electron chi connectivity index (χ4n) is 2.31. The zero-order valence-electron chi connectivity index (χ0n) is 12.7. The van der Waals surface area contributed by atoms with Crippen molar-refractivity contribution in [3.8, 4) is 0 Å². The Morgan fingerprint density at radius 3 is 2.71 bits per heavy atom. The number of aromatic nitrogens is 1. The van der Waals surface area contributed by atoms with Gasteiger partial charge in [0, 0.05) is 19.7 Å². The Kier molecular flexibility index (Phi) is 4.15. The molecular weight excluding hydrogens is 288 g/mol. The Morgan fingerprint density at radius 2 is 2.14 bits per heavy atom. The minimum absolute atomic E-state index is 0.112. The molecule has 0 aliphatic rings. The molecule has 0 saturated carbocycles. The quantitative estimate of drug-likeness (QED) is 0.678. The molecule has 114 valence electrons. The third-order valence-corrected chi connectivity index (χ3v) is 4.35. The lowest BCUT2D eigenvalue weighted by Crippen LogP contribution is -2.37. The predicted molar refractivity (Wildman–Crippen MR) is 87.1 cm³/mol. The number of benzene rings is 1. The topological polar surface area (TPSA) is 85.3 Å². The number of nitrogens with two attached hydrogens (primary N) is 1. The molecular formula is C14H20N4O2S. The standard InChI is InChI=1S/C14H20N4O2S/c1-9-16-10-5-11(17(4)8-14(2,3)7-15)12(18(19)20)6-13(10)21-9/h5-6H,7-8,15H2,1-4H3. The van der Waals surface area contributed by atoms with Crippen LogP contribution in [0.2, 0.25) is 0 Å². The van der Waals surface area contributed by atoms with Crippen molar-refractivity contribution in [3.05, 3.63) is 27.3 Å². The van der Waals surface area contributed by atoms with Crippen molar-refractivity contribution in [1.29, 1.82) is 0 Å². The second kappa shape index (κ2) is 5.57. The Labute approximate surface area is 127 Å². The van der Waals surface area contributed by atoms with Gasteiger partial charge < -0.3 is 10.6 Å². The molecule has 0 fully saturated rings. The van der Waals surface area contributed by atoms with E-state index in [1.54, 1.807) is 12.1 Å². The normalized spacial score (nSPS) is 11.9. The van der Waals surface area contributed by atoms with E-state index in [0.29, 0.717) is 18.8 Å². The highest BCUT2D eigenvalue weighted by Crippen LogP contribution is 2.35. The Morgan fingerprint density at radius 1 is 1.48 bits per heavy atom. The summed E-state index contributed by atoms with van der Waals surface area (Å²) >= 11 is 1.47. The first-order valence-electron chi connectivity index (χ1n) is 6.70. The van der Waals surface area contributed by atoms with Gasteiger partial charge in [-0.2, -0.15) is 0 Å². The van der Waals surface area contributed by atoms with Gasteiger partial charge in [-0.1, -0.05) is 13.8 Å². The Balaban J connectivity index is 2.49. The molecule has 2 rings (SSSR count). The number of hydrogen-bond acceptors (Lipinski definition) is 6. The molecule has 1 aromatic carbocycles. The first kappa shape index (κ1) is 15.7. The maximum Gasteiger partial charge on any atom is 0.294 e. The molecule has 0 atom stereocenters. The molecule has 1 aromatic heterocycles. The van der Waals surface area contributed by atoms with E-state index >= 15 is 0 Å². The molecule has 0 aliphatic carbocycles. The van der Waals surface area contributed by atoms with Crippen LogP contribution in [-0.4, -0.2) is 30.0 Å². The van der Waals surface area contributed by atoms with Gasteiger partial charge in [0.1, 0.15) is 5.69 Å². The lowest BCUT2D eigenvalue weighted by atomic mass is 9.93. The van der Waals surface area contributed by atoms with E-state index in [1.165, 1.54) is 11.3 Å². The highest BCUT2D eigenvalue weighted by atomic mass is 32.1. The number of anilines is 1. The van der Waals surface area contributed by atoms with Crippen molar-refractivity contribution < 1.29 is 4.92 Å². The van der Waals surface area contributed by atoms with Gasteiger partial charge in [0.2, 0.25) is 0 Å². The van der Waals surface area contributed by atoms with Gasteiger partial charge in [-0.05, 0) is 24.9 Å². The monoisotopic (exact) mass is 308 g/mol. The lowest BCUT2D eigenvalue weighted by molar-refractivity contribution is -0.384. The molecule has 1 heterocycles. The first-order chi connectivity index (χ1) is 9.73. The van der Waals surface area contributed by atoms with Crippen LogP contribution in [0.25, 0.3) is 10.2 Å². The molecule has 0 radical (unpaired) electrons. The summed E-state index contributed by atoms with van der Waals surface area (Å²) in [7, 11) is 1.85. The summed E-state index contributed by atoms with van der Waals surface area (Å²) in [5.41, 5.74) is 7.13. The van der Waals surface area contributed by atoms with E-state index in [2.05, 4.69) is 4.98 Å². The maximum absolute atomic E-state index is 11.4. The van der Waals surface area contributed by atoms with Crippen LogP contribution < -0.4 is 10.6 Å². The number of hydrogen-bond donors (Lipinski definition) is 1. The van der Waals surface area contributed by atoms with Crippen molar-refractivity contribution in [1.82, 2.24) is 4.98 Å². The van der Waals surface area contributed by atoms with Crippen LogP contribution in [0, 0.1) is 22.5 Å². The molecule has 0 saturated heterocycles. The van der Waals surface area contributed by atoms with E-state index in [1.807, 2.05) is 32.7 Å². The van der Waals surface area contributed by atoms with Gasteiger partial charge in [0.05, 0.1) is 20.1 Å². The van der Waals surface area contributed by atoms with Gasteiger partial charge >= 0.3 is 0 Å². The number of thiazole rings is 1. The van der Waals surface area contributed by atoms with Crippen LogP contribution in [0.15, 0.2) is 12.1 Å². The molecule has 0 bridgehead atoms. The summed E-state index contributed by atoms with van der Waals surface area (Å²) in [6.45, 7) is 7.14. The van der Waals surface area contributed by atoms with Crippen LogP contribution in [-0.2, 0) is 0 Å². The molecule has 2 aromatic rings. The first-order valence-corrected chi connectivity index (χ1v) is 7.52.